The van der Waals surface area contributed by atoms with Gasteiger partial charge >= 0.3 is 5.97 Å². The van der Waals surface area contributed by atoms with E-state index >= 15 is 4.39 Å². The van der Waals surface area contributed by atoms with Gasteiger partial charge in [0.05, 0.1) is 34.6 Å². The number of nitrogen functional groups attached to an aromatic ring is 1. The first-order valence-corrected chi connectivity index (χ1v) is 10.1. The number of hydrogen-bond donors (Lipinski definition) is 4. The molecule has 0 bridgehead atoms. The van der Waals surface area contributed by atoms with E-state index in [0.717, 1.165) is 12.3 Å². The van der Waals surface area contributed by atoms with E-state index in [2.05, 4.69) is 5.32 Å². The molecule has 33 heavy (non-hydrogen) atoms. The maximum atomic E-state index is 15.5. The molecule has 0 aliphatic carbocycles. The standard InChI is InChI=1S/C22H21BF2N4O4/c1-9-16-19(17(23)20(18(9)25)28-5-11(6-28)27-2)29(7-12(21(16)31)22(32)33)15-4-14(26)13(24)3-10(15)8-30/h3-4,7,11,27,30H,5-6,8,26H2,1-2H3,(H,32,33). The molecule has 3 aromatic rings. The number of aromatic carboxylic acids is 1. The zero-order chi connectivity index (χ0) is 24.2. The van der Waals surface area contributed by atoms with E-state index in [4.69, 9.17) is 13.6 Å². The van der Waals surface area contributed by atoms with E-state index in [1.54, 1.807) is 11.9 Å². The second-order valence-electron chi connectivity index (χ2n) is 8.02. The molecule has 0 saturated carbocycles. The van der Waals surface area contributed by atoms with Crippen LogP contribution in [0, 0.1) is 18.6 Å². The Hall–Kier alpha value is -3.44. The lowest BCUT2D eigenvalue weighted by Gasteiger charge is -2.42. The van der Waals surface area contributed by atoms with E-state index in [9.17, 15) is 24.2 Å². The molecule has 4 rings (SSSR count). The van der Waals surface area contributed by atoms with Crippen molar-refractivity contribution in [2.75, 3.05) is 30.8 Å². The molecular formula is C22H21BF2N4O4. The molecule has 8 nitrogen and oxygen atoms in total. The number of aromatic nitrogens is 1. The van der Waals surface area contributed by atoms with Crippen molar-refractivity contribution < 1.29 is 23.8 Å². The Balaban J connectivity index is 2.16. The van der Waals surface area contributed by atoms with Crippen LogP contribution in [0.4, 0.5) is 20.2 Å². The molecule has 0 spiro atoms. The highest BCUT2D eigenvalue weighted by molar-refractivity contribution is 6.42. The Morgan fingerprint density at radius 1 is 1.33 bits per heavy atom. The SMILES string of the molecule is [B]c1c(N2CC(NC)C2)c(F)c(C)c2c(=O)c(C(=O)O)cn(-c3cc(N)c(F)cc3CO)c12. The highest BCUT2D eigenvalue weighted by atomic mass is 19.1. The fourth-order valence-electron chi connectivity index (χ4n) is 4.21. The van der Waals surface area contributed by atoms with Crippen LogP contribution in [-0.4, -0.2) is 54.8 Å². The Bertz CT molecular complexity index is 1370. The van der Waals surface area contributed by atoms with Gasteiger partial charge in [-0.1, -0.05) is 0 Å². The van der Waals surface area contributed by atoms with Crippen molar-refractivity contribution in [1.29, 1.82) is 0 Å². The van der Waals surface area contributed by atoms with Gasteiger partial charge in [0.15, 0.2) is 0 Å². The molecule has 1 saturated heterocycles. The molecule has 2 aromatic carbocycles. The van der Waals surface area contributed by atoms with E-state index in [1.807, 2.05) is 0 Å². The van der Waals surface area contributed by atoms with Crippen LogP contribution in [0.25, 0.3) is 16.6 Å². The van der Waals surface area contributed by atoms with E-state index in [1.165, 1.54) is 17.6 Å². The number of nitrogens with zero attached hydrogens (tertiary/aromatic N) is 2. The number of likely N-dealkylation sites (N-methyl/N-ethyl adjacent to an activating group) is 1. The number of carbonyl (C=O) groups is 1. The molecule has 0 atom stereocenters. The topological polar surface area (TPSA) is 121 Å². The van der Waals surface area contributed by atoms with Gasteiger partial charge in [-0.3, -0.25) is 4.79 Å². The molecule has 1 aromatic heterocycles. The summed E-state index contributed by atoms with van der Waals surface area (Å²) in [7, 11) is 8.19. The van der Waals surface area contributed by atoms with Gasteiger partial charge in [-0.05, 0) is 31.6 Å². The fourth-order valence-corrected chi connectivity index (χ4v) is 4.21. The molecule has 1 aliphatic rings. The number of aliphatic hydroxyl groups excluding tert-OH is 1. The van der Waals surface area contributed by atoms with Crippen LogP contribution in [0.2, 0.25) is 0 Å². The van der Waals surface area contributed by atoms with Gasteiger partial charge in [-0.2, -0.15) is 0 Å². The number of halogens is 2. The maximum absolute atomic E-state index is 15.5. The van der Waals surface area contributed by atoms with Crippen molar-refractivity contribution >= 4 is 41.6 Å². The number of fused-ring (bicyclic) bond motifs is 1. The summed E-state index contributed by atoms with van der Waals surface area (Å²) in [6.45, 7) is 1.72. The Labute approximate surface area is 188 Å². The highest BCUT2D eigenvalue weighted by Gasteiger charge is 2.32. The van der Waals surface area contributed by atoms with Crippen LogP contribution in [-0.2, 0) is 6.61 Å². The van der Waals surface area contributed by atoms with Gasteiger partial charge < -0.3 is 30.7 Å². The first-order valence-electron chi connectivity index (χ1n) is 10.1. The van der Waals surface area contributed by atoms with Crippen molar-refractivity contribution in [3.63, 3.8) is 0 Å². The van der Waals surface area contributed by atoms with Crippen LogP contribution in [0.15, 0.2) is 23.1 Å². The fraction of sp³-hybridized carbons (Fsp3) is 0.273. The summed E-state index contributed by atoms with van der Waals surface area (Å²) in [5.74, 6) is -3.03. The quantitative estimate of drug-likeness (QED) is 0.328. The normalized spacial score (nSPS) is 14.0. The van der Waals surface area contributed by atoms with Gasteiger partial charge in [0.25, 0.3) is 0 Å². The minimum Gasteiger partial charge on any atom is -0.477 e. The van der Waals surface area contributed by atoms with Crippen molar-refractivity contribution in [3.8, 4) is 5.69 Å². The van der Waals surface area contributed by atoms with Crippen molar-refractivity contribution in [1.82, 2.24) is 9.88 Å². The molecule has 0 amide bonds. The summed E-state index contributed by atoms with van der Waals surface area (Å²) in [6, 6.07) is 2.35. The van der Waals surface area contributed by atoms with Crippen LogP contribution in [0.3, 0.4) is 0 Å². The van der Waals surface area contributed by atoms with Crippen LogP contribution >= 0.6 is 0 Å². The number of nitrogens with two attached hydrogens (primary N) is 1. The number of aryl methyl sites for hydroxylation is 1. The summed E-state index contributed by atoms with van der Waals surface area (Å²) >= 11 is 0. The molecule has 0 unspecified atom stereocenters. The molecule has 11 heteroatoms. The molecule has 5 N–H and O–H groups in total. The smallest absolute Gasteiger partial charge is 0.341 e. The Morgan fingerprint density at radius 3 is 2.58 bits per heavy atom. The van der Waals surface area contributed by atoms with Gasteiger partial charge in [-0.15, -0.1) is 0 Å². The summed E-state index contributed by atoms with van der Waals surface area (Å²) < 4.78 is 30.8. The van der Waals surface area contributed by atoms with Crippen molar-refractivity contribution in [3.05, 3.63) is 56.9 Å². The minimum absolute atomic E-state index is 0.0486. The predicted octanol–water partition coefficient (Wildman–Crippen LogP) is 0.552. The first kappa shape index (κ1) is 22.7. The van der Waals surface area contributed by atoms with Crippen molar-refractivity contribution in [2.24, 2.45) is 0 Å². The van der Waals surface area contributed by atoms with E-state index in [-0.39, 0.29) is 50.6 Å². The lowest BCUT2D eigenvalue weighted by molar-refractivity contribution is 0.0695. The third-order valence-electron chi connectivity index (χ3n) is 6.09. The van der Waals surface area contributed by atoms with Crippen LogP contribution < -0.4 is 26.8 Å². The minimum atomic E-state index is -1.53. The Kier molecular flexibility index (Phi) is 5.63. The second-order valence-corrected chi connectivity index (χ2v) is 8.02. The number of aliphatic hydroxyl groups is 1. The van der Waals surface area contributed by atoms with Crippen molar-refractivity contribution in [2.45, 2.75) is 19.6 Å². The number of rotatable bonds is 5. The lowest BCUT2D eigenvalue weighted by atomic mass is 9.85. The molecule has 2 heterocycles. The lowest BCUT2D eigenvalue weighted by Crippen LogP contribution is -2.58. The average Bonchev–Trinajstić information content (AvgIpc) is 2.74. The molecule has 1 fully saturated rings. The van der Waals surface area contributed by atoms with Gasteiger partial charge in [0, 0.05) is 36.5 Å². The van der Waals surface area contributed by atoms with Gasteiger partial charge in [0.1, 0.15) is 25.0 Å². The zero-order valence-electron chi connectivity index (χ0n) is 17.9. The van der Waals surface area contributed by atoms with Crippen LogP contribution in [0.1, 0.15) is 21.5 Å². The van der Waals surface area contributed by atoms with E-state index < -0.39 is 35.2 Å². The Morgan fingerprint density at radius 2 is 2.00 bits per heavy atom. The predicted molar refractivity (Wildman–Crippen MR) is 122 cm³/mol. The third kappa shape index (κ3) is 3.44. The van der Waals surface area contributed by atoms with E-state index in [0.29, 0.717) is 13.1 Å². The van der Waals surface area contributed by atoms with Crippen LogP contribution in [0.5, 0.6) is 0 Å². The molecule has 170 valence electrons. The summed E-state index contributed by atoms with van der Waals surface area (Å²) in [4.78, 5) is 26.6. The average molecular weight is 454 g/mol. The second kappa shape index (κ2) is 8.16. The van der Waals surface area contributed by atoms with Gasteiger partial charge in [-0.25, -0.2) is 13.6 Å². The summed E-state index contributed by atoms with van der Waals surface area (Å²) in [6.07, 6.45) is 1.03. The number of carboxylic acids is 1. The number of nitrogens with one attached hydrogen (secondary N) is 1. The maximum Gasteiger partial charge on any atom is 0.341 e. The monoisotopic (exact) mass is 454 g/mol. The number of anilines is 2. The number of carboxylic acid groups (broad SMARTS) is 1. The third-order valence-corrected chi connectivity index (χ3v) is 6.09. The summed E-state index contributed by atoms with van der Waals surface area (Å²) in [5.41, 5.74) is 4.11. The number of benzene rings is 2. The zero-order valence-corrected chi connectivity index (χ0v) is 17.9. The summed E-state index contributed by atoms with van der Waals surface area (Å²) in [5, 5.41) is 22.3. The molecular weight excluding hydrogens is 433 g/mol. The molecule has 1 aliphatic heterocycles. The molecule has 2 radical (unpaired) electrons. The van der Waals surface area contributed by atoms with Gasteiger partial charge in [0.2, 0.25) is 5.43 Å². The number of pyridine rings is 1. The largest absolute Gasteiger partial charge is 0.477 e. The highest BCUT2D eigenvalue weighted by Crippen LogP contribution is 2.32. The number of hydrogen-bond acceptors (Lipinski definition) is 6. The first-order chi connectivity index (χ1) is 15.6.